The van der Waals surface area contributed by atoms with E-state index in [0.717, 1.165) is 30.2 Å². The van der Waals surface area contributed by atoms with Gasteiger partial charge in [0.15, 0.2) is 0 Å². The highest BCUT2D eigenvalue weighted by molar-refractivity contribution is 5.33. The van der Waals surface area contributed by atoms with E-state index in [-0.39, 0.29) is 0 Å². The van der Waals surface area contributed by atoms with Gasteiger partial charge < -0.3 is 14.8 Å². The third kappa shape index (κ3) is 5.66. The number of para-hydroxylation sites is 2. The first-order valence-corrected chi connectivity index (χ1v) is 8.55. The van der Waals surface area contributed by atoms with Crippen molar-refractivity contribution >= 4 is 0 Å². The second-order valence-corrected chi connectivity index (χ2v) is 5.71. The molecule has 3 rings (SSSR count). The van der Waals surface area contributed by atoms with E-state index in [9.17, 15) is 0 Å². The minimum Gasteiger partial charge on any atom is -0.490 e. The number of benzene rings is 3. The lowest BCUT2D eigenvalue weighted by molar-refractivity contribution is 0.215. The molecule has 3 heteroatoms. The summed E-state index contributed by atoms with van der Waals surface area (Å²) in [6.07, 6.45) is 0. The summed E-state index contributed by atoms with van der Waals surface area (Å²) in [4.78, 5) is 0. The van der Waals surface area contributed by atoms with Crippen molar-refractivity contribution in [2.45, 2.75) is 13.1 Å². The van der Waals surface area contributed by atoms with Crippen molar-refractivity contribution < 1.29 is 9.47 Å². The third-order valence-electron chi connectivity index (χ3n) is 3.81. The van der Waals surface area contributed by atoms with Crippen molar-refractivity contribution in [2.24, 2.45) is 0 Å². The van der Waals surface area contributed by atoms with E-state index in [4.69, 9.17) is 9.47 Å². The summed E-state index contributed by atoms with van der Waals surface area (Å²) in [6, 6.07) is 28.3. The molecule has 0 aromatic heterocycles. The summed E-state index contributed by atoms with van der Waals surface area (Å²) < 4.78 is 11.6. The van der Waals surface area contributed by atoms with Crippen LogP contribution in [-0.2, 0) is 13.1 Å². The first-order valence-electron chi connectivity index (χ1n) is 8.55. The highest BCUT2D eigenvalue weighted by Crippen LogP contribution is 2.18. The topological polar surface area (TPSA) is 30.5 Å². The molecule has 3 aromatic carbocycles. The fraction of sp³-hybridized carbons (Fsp3) is 0.182. The Morgan fingerprint density at radius 3 is 2.04 bits per heavy atom. The van der Waals surface area contributed by atoms with E-state index < -0.39 is 0 Å². The SMILES string of the molecule is c1ccc(CNCc2ccccc2OCCOc2ccccc2)cc1. The molecule has 0 aliphatic rings. The van der Waals surface area contributed by atoms with Gasteiger partial charge in [-0.15, -0.1) is 0 Å². The van der Waals surface area contributed by atoms with E-state index >= 15 is 0 Å². The van der Waals surface area contributed by atoms with Crippen LogP contribution in [0.15, 0.2) is 84.9 Å². The molecule has 0 saturated carbocycles. The lowest BCUT2D eigenvalue weighted by Gasteiger charge is -2.13. The van der Waals surface area contributed by atoms with E-state index in [0.29, 0.717) is 13.2 Å². The summed E-state index contributed by atoms with van der Waals surface area (Å²) in [7, 11) is 0. The number of hydrogen-bond donors (Lipinski definition) is 1. The lowest BCUT2D eigenvalue weighted by atomic mass is 10.2. The third-order valence-corrected chi connectivity index (χ3v) is 3.81. The fourth-order valence-corrected chi connectivity index (χ4v) is 2.56. The molecule has 0 saturated heterocycles. The van der Waals surface area contributed by atoms with Crippen molar-refractivity contribution in [1.82, 2.24) is 5.32 Å². The minimum absolute atomic E-state index is 0.518. The summed E-state index contributed by atoms with van der Waals surface area (Å²) in [5.74, 6) is 1.77. The Kier molecular flexibility index (Phi) is 6.48. The standard InChI is InChI=1S/C22H23NO2/c1-3-9-19(10-4-1)17-23-18-20-11-7-8-14-22(20)25-16-15-24-21-12-5-2-6-13-21/h1-14,23H,15-18H2. The van der Waals surface area contributed by atoms with Gasteiger partial charge in [0.1, 0.15) is 24.7 Å². The number of nitrogens with one attached hydrogen (secondary N) is 1. The Labute approximate surface area is 149 Å². The van der Waals surface area contributed by atoms with Crippen LogP contribution < -0.4 is 14.8 Å². The molecular weight excluding hydrogens is 310 g/mol. The van der Waals surface area contributed by atoms with E-state index in [1.807, 2.05) is 54.6 Å². The molecule has 3 nitrogen and oxygen atoms in total. The minimum atomic E-state index is 0.518. The predicted octanol–water partition coefficient (Wildman–Crippen LogP) is 4.43. The van der Waals surface area contributed by atoms with Crippen molar-refractivity contribution in [3.63, 3.8) is 0 Å². The van der Waals surface area contributed by atoms with Gasteiger partial charge in [-0.25, -0.2) is 0 Å². The van der Waals surface area contributed by atoms with Gasteiger partial charge in [-0.1, -0.05) is 66.7 Å². The Balaban J connectivity index is 1.45. The van der Waals surface area contributed by atoms with E-state index in [2.05, 4.69) is 35.6 Å². The van der Waals surface area contributed by atoms with Crippen molar-refractivity contribution in [2.75, 3.05) is 13.2 Å². The van der Waals surface area contributed by atoms with Gasteiger partial charge in [-0.2, -0.15) is 0 Å². The number of hydrogen-bond acceptors (Lipinski definition) is 3. The van der Waals surface area contributed by atoms with Gasteiger partial charge in [-0.3, -0.25) is 0 Å². The largest absolute Gasteiger partial charge is 0.490 e. The van der Waals surface area contributed by atoms with Crippen LogP contribution in [0, 0.1) is 0 Å². The molecule has 25 heavy (non-hydrogen) atoms. The molecule has 0 unspecified atom stereocenters. The molecule has 1 N–H and O–H groups in total. The van der Waals surface area contributed by atoms with Crippen molar-refractivity contribution in [3.05, 3.63) is 96.1 Å². The monoisotopic (exact) mass is 333 g/mol. The molecule has 128 valence electrons. The van der Waals surface area contributed by atoms with Crippen LogP contribution in [0.5, 0.6) is 11.5 Å². The molecule has 0 atom stereocenters. The Hall–Kier alpha value is -2.78. The van der Waals surface area contributed by atoms with Crippen molar-refractivity contribution in [3.8, 4) is 11.5 Å². The average Bonchev–Trinajstić information content (AvgIpc) is 2.68. The van der Waals surface area contributed by atoms with Gasteiger partial charge in [0.25, 0.3) is 0 Å². The summed E-state index contributed by atoms with van der Waals surface area (Å²) in [6.45, 7) is 2.65. The molecule has 0 aliphatic carbocycles. The maximum atomic E-state index is 5.90. The molecule has 0 heterocycles. The van der Waals surface area contributed by atoms with Crippen LogP contribution in [0.2, 0.25) is 0 Å². The molecule has 0 amide bonds. The zero-order valence-electron chi connectivity index (χ0n) is 14.2. The Morgan fingerprint density at radius 1 is 0.600 bits per heavy atom. The predicted molar refractivity (Wildman–Crippen MR) is 101 cm³/mol. The van der Waals surface area contributed by atoms with Gasteiger partial charge >= 0.3 is 0 Å². The molecule has 0 aliphatic heterocycles. The first-order chi connectivity index (χ1) is 12.4. The number of rotatable bonds is 9. The Bertz CT molecular complexity index is 744. The van der Waals surface area contributed by atoms with Crippen LogP contribution in [0.1, 0.15) is 11.1 Å². The normalized spacial score (nSPS) is 10.4. The zero-order valence-corrected chi connectivity index (χ0v) is 14.2. The second-order valence-electron chi connectivity index (χ2n) is 5.71. The maximum Gasteiger partial charge on any atom is 0.123 e. The van der Waals surface area contributed by atoms with Gasteiger partial charge in [0.05, 0.1) is 0 Å². The van der Waals surface area contributed by atoms with Crippen LogP contribution >= 0.6 is 0 Å². The van der Waals surface area contributed by atoms with E-state index in [1.165, 1.54) is 5.56 Å². The highest BCUT2D eigenvalue weighted by Gasteiger charge is 2.03. The fourth-order valence-electron chi connectivity index (χ4n) is 2.56. The van der Waals surface area contributed by atoms with Crippen LogP contribution in [0.4, 0.5) is 0 Å². The molecular formula is C22H23NO2. The summed E-state index contributed by atoms with van der Waals surface area (Å²) in [5.41, 5.74) is 2.43. The van der Waals surface area contributed by atoms with E-state index in [1.54, 1.807) is 0 Å². The summed E-state index contributed by atoms with van der Waals surface area (Å²) >= 11 is 0. The quantitative estimate of drug-likeness (QED) is 0.588. The van der Waals surface area contributed by atoms with Gasteiger partial charge in [0.2, 0.25) is 0 Å². The molecule has 0 fully saturated rings. The van der Waals surface area contributed by atoms with Crippen LogP contribution in [0.25, 0.3) is 0 Å². The maximum absolute atomic E-state index is 5.90. The molecule has 0 spiro atoms. The Morgan fingerprint density at radius 2 is 1.24 bits per heavy atom. The van der Waals surface area contributed by atoms with Crippen LogP contribution in [0.3, 0.4) is 0 Å². The molecule has 0 bridgehead atoms. The van der Waals surface area contributed by atoms with Crippen LogP contribution in [-0.4, -0.2) is 13.2 Å². The number of ether oxygens (including phenoxy) is 2. The smallest absolute Gasteiger partial charge is 0.123 e. The van der Waals surface area contributed by atoms with Gasteiger partial charge in [-0.05, 0) is 23.8 Å². The molecule has 0 radical (unpaired) electrons. The zero-order chi connectivity index (χ0) is 17.2. The lowest BCUT2D eigenvalue weighted by Crippen LogP contribution is -2.15. The highest BCUT2D eigenvalue weighted by atomic mass is 16.5. The van der Waals surface area contributed by atoms with Gasteiger partial charge in [0, 0.05) is 18.7 Å². The second kappa shape index (κ2) is 9.50. The molecule has 3 aromatic rings. The summed E-state index contributed by atoms with van der Waals surface area (Å²) in [5, 5.41) is 3.46. The van der Waals surface area contributed by atoms with Crippen molar-refractivity contribution in [1.29, 1.82) is 0 Å². The average molecular weight is 333 g/mol. The first kappa shape index (κ1) is 17.1.